The van der Waals surface area contributed by atoms with Crippen molar-refractivity contribution in [2.75, 3.05) is 6.61 Å². The highest BCUT2D eigenvalue weighted by atomic mass is 16.5. The van der Waals surface area contributed by atoms with Crippen LogP contribution < -0.4 is 5.73 Å². The van der Waals surface area contributed by atoms with E-state index in [0.29, 0.717) is 24.4 Å². The van der Waals surface area contributed by atoms with Gasteiger partial charge in [0.25, 0.3) is 0 Å². The van der Waals surface area contributed by atoms with Gasteiger partial charge in [0.1, 0.15) is 0 Å². The summed E-state index contributed by atoms with van der Waals surface area (Å²) in [6.07, 6.45) is 1.50. The topological polar surface area (TPSA) is 52.3 Å². The standard InChI is InChI=1S/C10H19NO2/c1-4-13-9(12)5-8(11)7-6-10(7,2)3/h7-8H,4-6,11H2,1-3H3. The zero-order valence-electron chi connectivity index (χ0n) is 8.67. The second-order valence-corrected chi connectivity index (χ2v) is 4.47. The predicted molar refractivity (Wildman–Crippen MR) is 51.1 cm³/mol. The largest absolute Gasteiger partial charge is 0.466 e. The second kappa shape index (κ2) is 3.66. The van der Waals surface area contributed by atoms with Crippen molar-refractivity contribution >= 4 is 5.97 Å². The molecule has 0 bridgehead atoms. The van der Waals surface area contributed by atoms with E-state index in [0.717, 1.165) is 6.42 Å². The Hall–Kier alpha value is -0.570. The summed E-state index contributed by atoms with van der Waals surface area (Å²) in [5.74, 6) is 0.328. The lowest BCUT2D eigenvalue weighted by atomic mass is 10.0. The number of esters is 1. The van der Waals surface area contributed by atoms with E-state index < -0.39 is 0 Å². The minimum atomic E-state index is -0.169. The van der Waals surface area contributed by atoms with Gasteiger partial charge in [-0.2, -0.15) is 0 Å². The van der Waals surface area contributed by atoms with E-state index in [1.165, 1.54) is 0 Å². The van der Waals surface area contributed by atoms with Crippen LogP contribution in [-0.4, -0.2) is 18.6 Å². The molecule has 1 saturated carbocycles. The van der Waals surface area contributed by atoms with Gasteiger partial charge in [-0.15, -0.1) is 0 Å². The Morgan fingerprint density at radius 3 is 2.62 bits per heavy atom. The Bertz CT molecular complexity index is 201. The van der Waals surface area contributed by atoms with E-state index in [2.05, 4.69) is 13.8 Å². The minimum Gasteiger partial charge on any atom is -0.466 e. The number of rotatable bonds is 4. The highest BCUT2D eigenvalue weighted by molar-refractivity contribution is 5.70. The van der Waals surface area contributed by atoms with Crippen LogP contribution >= 0.6 is 0 Å². The third kappa shape index (κ3) is 2.69. The van der Waals surface area contributed by atoms with E-state index in [9.17, 15) is 4.79 Å². The molecule has 13 heavy (non-hydrogen) atoms. The zero-order chi connectivity index (χ0) is 10.1. The van der Waals surface area contributed by atoms with Crippen molar-refractivity contribution in [3.05, 3.63) is 0 Å². The molecular formula is C10H19NO2. The highest BCUT2D eigenvalue weighted by Crippen LogP contribution is 2.53. The predicted octanol–water partition coefficient (Wildman–Crippen LogP) is 1.31. The van der Waals surface area contributed by atoms with Crippen LogP contribution in [0.2, 0.25) is 0 Å². The van der Waals surface area contributed by atoms with Crippen LogP contribution in [0.4, 0.5) is 0 Å². The molecular weight excluding hydrogens is 166 g/mol. The van der Waals surface area contributed by atoms with E-state index in [1.54, 1.807) is 0 Å². The molecule has 2 N–H and O–H groups in total. The summed E-state index contributed by atoms with van der Waals surface area (Å²) in [5, 5.41) is 0. The third-order valence-corrected chi connectivity index (χ3v) is 2.81. The summed E-state index contributed by atoms with van der Waals surface area (Å²) in [5.41, 5.74) is 6.22. The Labute approximate surface area is 79.6 Å². The molecule has 0 heterocycles. The molecule has 2 atom stereocenters. The zero-order valence-corrected chi connectivity index (χ0v) is 8.67. The molecule has 1 aliphatic carbocycles. The highest BCUT2D eigenvalue weighted by Gasteiger charge is 2.49. The SMILES string of the molecule is CCOC(=O)CC(N)C1CC1(C)C. The monoisotopic (exact) mass is 185 g/mol. The Morgan fingerprint density at radius 1 is 1.69 bits per heavy atom. The van der Waals surface area contributed by atoms with E-state index in [-0.39, 0.29) is 12.0 Å². The van der Waals surface area contributed by atoms with Crippen molar-refractivity contribution < 1.29 is 9.53 Å². The number of hydrogen-bond acceptors (Lipinski definition) is 3. The van der Waals surface area contributed by atoms with Gasteiger partial charge in [0.15, 0.2) is 0 Å². The maximum Gasteiger partial charge on any atom is 0.307 e. The smallest absolute Gasteiger partial charge is 0.307 e. The Kier molecular flexibility index (Phi) is 2.96. The van der Waals surface area contributed by atoms with Gasteiger partial charge in [-0.05, 0) is 24.7 Å². The van der Waals surface area contributed by atoms with Crippen LogP contribution in [-0.2, 0) is 9.53 Å². The number of hydrogen-bond donors (Lipinski definition) is 1. The number of nitrogens with two attached hydrogens (primary N) is 1. The molecule has 0 radical (unpaired) electrons. The van der Waals surface area contributed by atoms with Gasteiger partial charge in [0, 0.05) is 6.04 Å². The Morgan fingerprint density at radius 2 is 2.23 bits per heavy atom. The first kappa shape index (κ1) is 10.5. The molecule has 1 aliphatic rings. The van der Waals surface area contributed by atoms with Crippen LogP contribution in [0, 0.1) is 11.3 Å². The first-order chi connectivity index (χ1) is 5.97. The van der Waals surface area contributed by atoms with E-state index >= 15 is 0 Å². The van der Waals surface area contributed by atoms with Crippen LogP contribution in [0.15, 0.2) is 0 Å². The quantitative estimate of drug-likeness (QED) is 0.672. The average Bonchev–Trinajstić information content (AvgIpc) is 2.60. The molecule has 0 aromatic heterocycles. The van der Waals surface area contributed by atoms with Gasteiger partial charge in [-0.1, -0.05) is 13.8 Å². The molecule has 3 heteroatoms. The van der Waals surface area contributed by atoms with E-state index in [4.69, 9.17) is 10.5 Å². The van der Waals surface area contributed by atoms with Crippen molar-refractivity contribution in [3.8, 4) is 0 Å². The Balaban J connectivity index is 2.26. The van der Waals surface area contributed by atoms with Gasteiger partial charge < -0.3 is 10.5 Å². The molecule has 3 nitrogen and oxygen atoms in total. The fourth-order valence-corrected chi connectivity index (χ4v) is 1.79. The fourth-order valence-electron chi connectivity index (χ4n) is 1.79. The van der Waals surface area contributed by atoms with Crippen LogP contribution in [0.25, 0.3) is 0 Å². The maximum atomic E-state index is 11.1. The number of carbonyl (C=O) groups is 1. The lowest BCUT2D eigenvalue weighted by Crippen LogP contribution is -2.28. The molecule has 0 aliphatic heterocycles. The van der Waals surface area contributed by atoms with Crippen molar-refractivity contribution in [1.29, 1.82) is 0 Å². The lowest BCUT2D eigenvalue weighted by Gasteiger charge is -2.12. The summed E-state index contributed by atoms with van der Waals surface area (Å²) >= 11 is 0. The third-order valence-electron chi connectivity index (χ3n) is 2.81. The maximum absolute atomic E-state index is 11.1. The summed E-state index contributed by atoms with van der Waals surface area (Å²) < 4.78 is 4.84. The molecule has 0 saturated heterocycles. The average molecular weight is 185 g/mol. The van der Waals surface area contributed by atoms with Crippen molar-refractivity contribution in [2.45, 2.75) is 39.7 Å². The minimum absolute atomic E-state index is 0.0194. The summed E-state index contributed by atoms with van der Waals surface area (Å²) in [6, 6.07) is -0.0194. The van der Waals surface area contributed by atoms with Gasteiger partial charge in [-0.3, -0.25) is 4.79 Å². The molecule has 2 unspecified atom stereocenters. The normalized spacial score (nSPS) is 26.6. The molecule has 0 spiro atoms. The van der Waals surface area contributed by atoms with E-state index in [1.807, 2.05) is 6.92 Å². The molecule has 76 valence electrons. The molecule has 0 amide bonds. The summed E-state index contributed by atoms with van der Waals surface area (Å²) in [4.78, 5) is 11.1. The lowest BCUT2D eigenvalue weighted by molar-refractivity contribution is -0.143. The van der Waals surface area contributed by atoms with Crippen LogP contribution in [0.5, 0.6) is 0 Å². The van der Waals surface area contributed by atoms with Crippen molar-refractivity contribution in [1.82, 2.24) is 0 Å². The first-order valence-electron chi connectivity index (χ1n) is 4.88. The van der Waals surface area contributed by atoms with Gasteiger partial charge in [-0.25, -0.2) is 0 Å². The van der Waals surface area contributed by atoms with Gasteiger partial charge in [0.2, 0.25) is 0 Å². The first-order valence-corrected chi connectivity index (χ1v) is 4.88. The summed E-state index contributed by atoms with van der Waals surface area (Å²) in [6.45, 7) is 6.62. The van der Waals surface area contributed by atoms with Gasteiger partial charge in [0.05, 0.1) is 13.0 Å². The van der Waals surface area contributed by atoms with Crippen LogP contribution in [0.1, 0.15) is 33.6 Å². The summed E-state index contributed by atoms with van der Waals surface area (Å²) in [7, 11) is 0. The number of ether oxygens (including phenoxy) is 1. The molecule has 1 fully saturated rings. The van der Waals surface area contributed by atoms with Crippen LogP contribution in [0.3, 0.4) is 0 Å². The fraction of sp³-hybridized carbons (Fsp3) is 0.900. The van der Waals surface area contributed by atoms with Gasteiger partial charge >= 0.3 is 5.97 Å². The molecule has 1 rings (SSSR count). The molecule has 0 aromatic carbocycles. The molecule has 0 aromatic rings. The van der Waals surface area contributed by atoms with Crippen molar-refractivity contribution in [2.24, 2.45) is 17.1 Å². The van der Waals surface area contributed by atoms with Crippen molar-refractivity contribution in [3.63, 3.8) is 0 Å². The second-order valence-electron chi connectivity index (χ2n) is 4.47. The number of carbonyl (C=O) groups excluding carboxylic acids is 1.